The molecule has 146 valence electrons. The average Bonchev–Trinajstić information content (AvgIpc) is 3.53. The molecule has 1 saturated carbocycles. The lowest BCUT2D eigenvalue weighted by molar-refractivity contribution is 0.0954. The molecule has 4 nitrogen and oxygen atoms in total. The van der Waals surface area contributed by atoms with E-state index in [1.54, 1.807) is 12.4 Å². The Balaban J connectivity index is 1.31. The summed E-state index contributed by atoms with van der Waals surface area (Å²) in [6.07, 6.45) is 13.0. The van der Waals surface area contributed by atoms with Crippen molar-refractivity contribution in [1.29, 1.82) is 0 Å². The molecule has 2 heterocycles. The van der Waals surface area contributed by atoms with Crippen LogP contribution in [-0.4, -0.2) is 22.4 Å². The standard InChI is InChI=1S/C25H25N3O/c29-24(27-15-9-21-5-1-2-14-26-21)20-16-19-4-3-6-22(23(19)28-17-20)18-7-10-25(11-8-18)12-13-25/h1-7,14,16-17H,8-13,15H2,(H,27,29). The number of allylic oxidation sites excluding steroid dienone is 2. The normalized spacial score (nSPS) is 17.2. The fraction of sp³-hybridized carbons (Fsp3) is 0.320. The van der Waals surface area contributed by atoms with E-state index in [2.05, 4.69) is 33.5 Å². The average molecular weight is 383 g/mol. The van der Waals surface area contributed by atoms with Crippen molar-refractivity contribution in [1.82, 2.24) is 15.3 Å². The number of pyridine rings is 2. The van der Waals surface area contributed by atoms with Crippen molar-refractivity contribution in [2.45, 2.75) is 38.5 Å². The summed E-state index contributed by atoms with van der Waals surface area (Å²) in [6, 6.07) is 14.1. The molecular weight excluding hydrogens is 358 g/mol. The Morgan fingerprint density at radius 3 is 2.76 bits per heavy atom. The Morgan fingerprint density at radius 2 is 2.00 bits per heavy atom. The van der Waals surface area contributed by atoms with Crippen LogP contribution < -0.4 is 5.32 Å². The van der Waals surface area contributed by atoms with Gasteiger partial charge in [0, 0.05) is 42.0 Å². The van der Waals surface area contributed by atoms with Crippen molar-refractivity contribution in [3.8, 4) is 0 Å². The molecular formula is C25H25N3O. The molecule has 0 atom stereocenters. The molecule has 0 saturated heterocycles. The molecule has 0 radical (unpaired) electrons. The second-order valence-corrected chi connectivity index (χ2v) is 8.36. The van der Waals surface area contributed by atoms with Gasteiger partial charge in [0.15, 0.2) is 0 Å². The number of benzene rings is 1. The molecule has 0 unspecified atom stereocenters. The van der Waals surface area contributed by atoms with Gasteiger partial charge in [-0.3, -0.25) is 14.8 Å². The summed E-state index contributed by atoms with van der Waals surface area (Å²) in [5, 5.41) is 4.00. The minimum absolute atomic E-state index is 0.0895. The maximum Gasteiger partial charge on any atom is 0.252 e. The Hall–Kier alpha value is -3.01. The first kappa shape index (κ1) is 18.0. The van der Waals surface area contributed by atoms with E-state index in [1.165, 1.54) is 36.8 Å². The van der Waals surface area contributed by atoms with Gasteiger partial charge in [-0.25, -0.2) is 0 Å². The third-order valence-corrected chi connectivity index (χ3v) is 6.38. The molecule has 3 aromatic rings. The topological polar surface area (TPSA) is 54.9 Å². The molecule has 2 aliphatic rings. The second-order valence-electron chi connectivity index (χ2n) is 8.36. The van der Waals surface area contributed by atoms with Gasteiger partial charge < -0.3 is 5.32 Å². The van der Waals surface area contributed by atoms with Crippen molar-refractivity contribution >= 4 is 22.4 Å². The van der Waals surface area contributed by atoms with Gasteiger partial charge >= 0.3 is 0 Å². The van der Waals surface area contributed by atoms with Gasteiger partial charge in [-0.05, 0) is 61.3 Å². The van der Waals surface area contributed by atoms with Crippen LogP contribution in [0.4, 0.5) is 0 Å². The van der Waals surface area contributed by atoms with Crippen LogP contribution in [0, 0.1) is 5.41 Å². The summed E-state index contributed by atoms with van der Waals surface area (Å²) in [7, 11) is 0. The van der Waals surface area contributed by atoms with Crippen molar-refractivity contribution in [3.63, 3.8) is 0 Å². The number of nitrogens with zero attached hydrogens (tertiary/aromatic N) is 2. The van der Waals surface area contributed by atoms with Crippen LogP contribution in [0.3, 0.4) is 0 Å². The van der Waals surface area contributed by atoms with E-state index >= 15 is 0 Å². The van der Waals surface area contributed by atoms with Crippen molar-refractivity contribution < 1.29 is 4.79 Å². The zero-order valence-electron chi connectivity index (χ0n) is 16.5. The van der Waals surface area contributed by atoms with Gasteiger partial charge in [0.2, 0.25) is 0 Å². The molecule has 5 rings (SSSR count). The van der Waals surface area contributed by atoms with Crippen molar-refractivity contribution in [2.75, 3.05) is 6.54 Å². The Labute approximate surface area is 171 Å². The summed E-state index contributed by atoms with van der Waals surface area (Å²) in [4.78, 5) is 21.5. The van der Waals surface area contributed by atoms with Gasteiger partial charge in [0.05, 0.1) is 11.1 Å². The van der Waals surface area contributed by atoms with Gasteiger partial charge in [0.1, 0.15) is 0 Å². The molecule has 0 bridgehead atoms. The summed E-state index contributed by atoms with van der Waals surface area (Å²) < 4.78 is 0. The lowest BCUT2D eigenvalue weighted by Gasteiger charge is -2.21. The van der Waals surface area contributed by atoms with Crippen molar-refractivity contribution in [2.24, 2.45) is 5.41 Å². The van der Waals surface area contributed by atoms with Crippen LogP contribution >= 0.6 is 0 Å². The minimum atomic E-state index is -0.0895. The van der Waals surface area contributed by atoms with E-state index in [0.29, 0.717) is 23.9 Å². The summed E-state index contributed by atoms with van der Waals surface area (Å²) in [6.45, 7) is 0.558. The number of amides is 1. The zero-order chi connectivity index (χ0) is 19.7. The molecule has 1 fully saturated rings. The molecule has 4 heteroatoms. The Morgan fingerprint density at radius 1 is 1.07 bits per heavy atom. The third-order valence-electron chi connectivity index (χ3n) is 6.38. The number of carbonyl (C=O) groups excluding carboxylic acids is 1. The predicted octanol–water partition coefficient (Wildman–Crippen LogP) is 4.95. The third kappa shape index (κ3) is 3.80. The van der Waals surface area contributed by atoms with E-state index in [4.69, 9.17) is 0 Å². The predicted molar refractivity (Wildman–Crippen MR) is 116 cm³/mol. The van der Waals surface area contributed by atoms with E-state index < -0.39 is 0 Å². The number of fused-ring (bicyclic) bond motifs is 1. The second kappa shape index (κ2) is 7.43. The SMILES string of the molecule is O=C(NCCc1ccccn1)c1cnc2c(C3=CCC4(CC3)CC4)cccc2c1. The zero-order valence-corrected chi connectivity index (χ0v) is 16.5. The van der Waals surface area contributed by atoms with Gasteiger partial charge in [0.25, 0.3) is 5.91 Å². The number of aromatic nitrogens is 2. The Bertz CT molecular complexity index is 1080. The first-order valence-electron chi connectivity index (χ1n) is 10.5. The number of carbonyl (C=O) groups is 1. The first-order valence-corrected chi connectivity index (χ1v) is 10.5. The maximum absolute atomic E-state index is 12.6. The lowest BCUT2D eigenvalue weighted by atomic mass is 9.84. The minimum Gasteiger partial charge on any atom is -0.352 e. The molecule has 1 spiro atoms. The van der Waals surface area contributed by atoms with E-state index in [9.17, 15) is 4.79 Å². The molecule has 2 aromatic heterocycles. The molecule has 1 aromatic carbocycles. The lowest BCUT2D eigenvalue weighted by Crippen LogP contribution is -2.26. The van der Waals surface area contributed by atoms with Crippen LogP contribution in [0.25, 0.3) is 16.5 Å². The molecule has 2 aliphatic carbocycles. The van der Waals surface area contributed by atoms with Crippen LogP contribution in [0.15, 0.2) is 60.9 Å². The van der Waals surface area contributed by atoms with Gasteiger partial charge in [-0.1, -0.05) is 30.3 Å². The smallest absolute Gasteiger partial charge is 0.252 e. The number of nitrogens with one attached hydrogen (secondary N) is 1. The number of hydrogen-bond acceptors (Lipinski definition) is 3. The van der Waals surface area contributed by atoms with Crippen LogP contribution in [0.5, 0.6) is 0 Å². The summed E-state index contributed by atoms with van der Waals surface area (Å²) >= 11 is 0. The first-order chi connectivity index (χ1) is 14.2. The number of hydrogen-bond donors (Lipinski definition) is 1. The van der Waals surface area contributed by atoms with Crippen LogP contribution in [0.1, 0.15) is 53.7 Å². The molecule has 1 N–H and O–H groups in total. The van der Waals surface area contributed by atoms with E-state index in [-0.39, 0.29) is 5.91 Å². The number of rotatable bonds is 5. The fourth-order valence-electron chi connectivity index (χ4n) is 4.32. The van der Waals surface area contributed by atoms with Crippen molar-refractivity contribution in [3.05, 3.63) is 77.8 Å². The Kier molecular flexibility index (Phi) is 4.62. The van der Waals surface area contributed by atoms with Gasteiger partial charge in [-0.15, -0.1) is 0 Å². The maximum atomic E-state index is 12.6. The highest BCUT2D eigenvalue weighted by Crippen LogP contribution is 2.56. The highest BCUT2D eigenvalue weighted by Gasteiger charge is 2.42. The summed E-state index contributed by atoms with van der Waals surface area (Å²) in [5.74, 6) is -0.0895. The largest absolute Gasteiger partial charge is 0.352 e. The van der Waals surface area contributed by atoms with Gasteiger partial charge in [-0.2, -0.15) is 0 Å². The summed E-state index contributed by atoms with van der Waals surface area (Å²) in [5.41, 5.74) is 5.83. The fourth-order valence-corrected chi connectivity index (χ4v) is 4.32. The molecule has 1 amide bonds. The quantitative estimate of drug-likeness (QED) is 0.678. The molecule has 0 aliphatic heterocycles. The van der Waals surface area contributed by atoms with E-state index in [1.807, 2.05) is 30.3 Å². The molecule has 29 heavy (non-hydrogen) atoms. The van der Waals surface area contributed by atoms with Crippen LogP contribution in [0.2, 0.25) is 0 Å². The highest BCUT2D eigenvalue weighted by atomic mass is 16.1. The van der Waals surface area contributed by atoms with Crippen LogP contribution in [-0.2, 0) is 6.42 Å². The van der Waals surface area contributed by atoms with E-state index in [0.717, 1.165) is 23.0 Å². The highest BCUT2D eigenvalue weighted by molar-refractivity contribution is 5.99. The number of para-hydroxylation sites is 1. The monoisotopic (exact) mass is 383 g/mol.